The summed E-state index contributed by atoms with van der Waals surface area (Å²) in [7, 11) is 0. The van der Waals surface area contributed by atoms with E-state index in [9.17, 15) is 9.90 Å². The highest BCUT2D eigenvalue weighted by atomic mass is 35.5. The minimum absolute atomic E-state index is 0.0321. The van der Waals surface area contributed by atoms with Crippen molar-refractivity contribution in [2.45, 2.75) is 25.7 Å². The molecule has 0 heterocycles. The van der Waals surface area contributed by atoms with E-state index in [1.165, 1.54) is 12.8 Å². The minimum atomic E-state index is -0.0321. The number of aromatic hydroxyl groups is 1. The third kappa shape index (κ3) is 1.84. The van der Waals surface area contributed by atoms with Crippen molar-refractivity contribution in [3.05, 3.63) is 27.2 Å². The Hall–Kier alpha value is -0.730. The van der Waals surface area contributed by atoms with Gasteiger partial charge in [0.1, 0.15) is 10.8 Å². The fourth-order valence-electron chi connectivity index (χ4n) is 2.60. The lowest BCUT2D eigenvalue weighted by molar-refractivity contribution is 0.0927. The van der Waals surface area contributed by atoms with Crippen molar-refractivity contribution < 1.29 is 9.90 Å². The Morgan fingerprint density at radius 3 is 2.65 bits per heavy atom. The first-order chi connectivity index (χ1) is 8.08. The molecule has 1 atom stereocenters. The summed E-state index contributed by atoms with van der Waals surface area (Å²) in [5.41, 5.74) is 1.37. The van der Waals surface area contributed by atoms with Gasteiger partial charge in [0.05, 0.1) is 5.02 Å². The topological polar surface area (TPSA) is 37.3 Å². The van der Waals surface area contributed by atoms with Crippen LogP contribution in [0.3, 0.4) is 0 Å². The molecular weight excluding hydrogens is 259 g/mol. The van der Waals surface area contributed by atoms with E-state index in [4.69, 9.17) is 23.2 Å². The maximum atomic E-state index is 12.2. The first kappa shape index (κ1) is 11.4. The maximum Gasteiger partial charge on any atom is 0.168 e. The zero-order valence-electron chi connectivity index (χ0n) is 9.17. The van der Waals surface area contributed by atoms with E-state index in [2.05, 4.69) is 0 Å². The molecule has 4 heteroatoms. The lowest BCUT2D eigenvalue weighted by atomic mass is 9.98. The van der Waals surface area contributed by atoms with Crippen LogP contribution in [-0.2, 0) is 6.42 Å². The van der Waals surface area contributed by atoms with E-state index in [0.29, 0.717) is 17.9 Å². The predicted molar refractivity (Wildman–Crippen MR) is 67.0 cm³/mol. The first-order valence-corrected chi connectivity index (χ1v) is 6.57. The second kappa shape index (κ2) is 3.89. The Morgan fingerprint density at radius 2 is 2.00 bits per heavy atom. The Morgan fingerprint density at radius 1 is 1.29 bits per heavy atom. The number of Topliss-reactive ketones (excluding diaryl/α,β-unsaturated/α-hetero) is 1. The van der Waals surface area contributed by atoms with E-state index in [1.807, 2.05) is 0 Å². The quantitative estimate of drug-likeness (QED) is 0.886. The lowest BCUT2D eigenvalue weighted by Gasteiger charge is -2.06. The van der Waals surface area contributed by atoms with E-state index in [-0.39, 0.29) is 27.5 Å². The Labute approximate surface area is 110 Å². The highest BCUT2D eigenvalue weighted by Gasteiger charge is 2.37. The number of rotatable bonds is 2. The number of benzene rings is 1. The van der Waals surface area contributed by atoms with Gasteiger partial charge in [-0.25, -0.2) is 0 Å². The molecule has 1 aromatic carbocycles. The summed E-state index contributed by atoms with van der Waals surface area (Å²) in [6.07, 6.45) is 4.11. The third-order valence-electron chi connectivity index (χ3n) is 3.67. The van der Waals surface area contributed by atoms with Gasteiger partial charge in [0, 0.05) is 11.5 Å². The van der Waals surface area contributed by atoms with Crippen LogP contribution in [0, 0.1) is 11.8 Å². The Balaban J connectivity index is 1.98. The summed E-state index contributed by atoms with van der Waals surface area (Å²) < 4.78 is 0. The lowest BCUT2D eigenvalue weighted by Crippen LogP contribution is -2.09. The van der Waals surface area contributed by atoms with Gasteiger partial charge in [-0.2, -0.15) is 0 Å². The van der Waals surface area contributed by atoms with Crippen LogP contribution in [-0.4, -0.2) is 10.9 Å². The third-order valence-corrected chi connectivity index (χ3v) is 4.52. The van der Waals surface area contributed by atoms with Crippen molar-refractivity contribution in [1.29, 1.82) is 0 Å². The molecule has 2 aliphatic rings. The highest BCUT2D eigenvalue weighted by Crippen LogP contribution is 2.45. The Kier molecular flexibility index (Phi) is 2.60. The normalized spacial score (nSPS) is 22.9. The van der Waals surface area contributed by atoms with Crippen LogP contribution >= 0.6 is 23.2 Å². The highest BCUT2D eigenvalue weighted by molar-refractivity contribution is 6.45. The summed E-state index contributed by atoms with van der Waals surface area (Å²) in [5.74, 6) is 0.808. The van der Waals surface area contributed by atoms with Gasteiger partial charge in [0.2, 0.25) is 0 Å². The van der Waals surface area contributed by atoms with Crippen LogP contribution in [0.15, 0.2) is 6.07 Å². The largest absolute Gasteiger partial charge is 0.506 e. The average molecular weight is 271 g/mol. The molecule has 0 saturated heterocycles. The second-order valence-electron chi connectivity index (χ2n) is 5.00. The summed E-state index contributed by atoms with van der Waals surface area (Å²) in [6, 6.07) is 1.58. The Bertz CT molecular complexity index is 507. The smallest absolute Gasteiger partial charge is 0.168 e. The fourth-order valence-corrected chi connectivity index (χ4v) is 3.06. The molecule has 0 aliphatic heterocycles. The van der Waals surface area contributed by atoms with Gasteiger partial charge in [-0.05, 0) is 30.4 Å². The van der Waals surface area contributed by atoms with Crippen molar-refractivity contribution in [1.82, 2.24) is 0 Å². The van der Waals surface area contributed by atoms with Gasteiger partial charge in [0.15, 0.2) is 5.78 Å². The number of hydrogen-bond acceptors (Lipinski definition) is 2. The van der Waals surface area contributed by atoms with Crippen LogP contribution < -0.4 is 0 Å². The van der Waals surface area contributed by atoms with Crippen molar-refractivity contribution in [2.24, 2.45) is 11.8 Å². The van der Waals surface area contributed by atoms with Gasteiger partial charge in [0.25, 0.3) is 0 Å². The molecule has 1 unspecified atom stereocenters. The van der Waals surface area contributed by atoms with Crippen molar-refractivity contribution in [3.8, 4) is 5.75 Å². The summed E-state index contributed by atoms with van der Waals surface area (Å²) in [6.45, 7) is 0. The summed E-state index contributed by atoms with van der Waals surface area (Å²) in [4.78, 5) is 12.2. The van der Waals surface area contributed by atoms with Crippen LogP contribution in [0.2, 0.25) is 10.0 Å². The molecular formula is C13H12Cl2O2. The number of phenols is 1. The van der Waals surface area contributed by atoms with Gasteiger partial charge in [-0.1, -0.05) is 36.0 Å². The van der Waals surface area contributed by atoms with Crippen molar-refractivity contribution >= 4 is 29.0 Å². The van der Waals surface area contributed by atoms with Gasteiger partial charge in [-0.15, -0.1) is 0 Å². The zero-order valence-corrected chi connectivity index (χ0v) is 10.7. The number of ketones is 1. The van der Waals surface area contributed by atoms with Crippen molar-refractivity contribution in [3.63, 3.8) is 0 Å². The standard InChI is InChI=1S/C13H12Cl2O2/c14-11-9(16)5-7-4-8(3-6-1-2-6)13(17)10(7)12(11)15/h5-6,8,16H,1-4H2. The molecule has 1 saturated carbocycles. The van der Waals surface area contributed by atoms with Crippen LogP contribution in [0.1, 0.15) is 35.2 Å². The minimum Gasteiger partial charge on any atom is -0.506 e. The molecule has 1 N–H and O–H groups in total. The molecule has 1 aromatic rings. The van der Waals surface area contributed by atoms with Crippen LogP contribution in [0.5, 0.6) is 5.75 Å². The predicted octanol–water partition coefficient (Wildman–Crippen LogP) is 3.85. The molecule has 0 bridgehead atoms. The molecule has 17 heavy (non-hydrogen) atoms. The first-order valence-electron chi connectivity index (χ1n) is 5.82. The SMILES string of the molecule is O=C1c2c(cc(O)c(Cl)c2Cl)CC1CC1CC1. The van der Waals surface area contributed by atoms with Gasteiger partial charge >= 0.3 is 0 Å². The number of carbonyl (C=O) groups excluding carboxylic acids is 1. The van der Waals surface area contributed by atoms with Crippen LogP contribution in [0.4, 0.5) is 0 Å². The van der Waals surface area contributed by atoms with E-state index in [1.54, 1.807) is 6.07 Å². The molecule has 3 rings (SSSR count). The van der Waals surface area contributed by atoms with Crippen molar-refractivity contribution in [2.75, 3.05) is 0 Å². The average Bonchev–Trinajstić information content (AvgIpc) is 3.03. The van der Waals surface area contributed by atoms with Gasteiger partial charge in [-0.3, -0.25) is 4.79 Å². The number of hydrogen-bond donors (Lipinski definition) is 1. The van der Waals surface area contributed by atoms with E-state index >= 15 is 0 Å². The fraction of sp³-hybridized carbons (Fsp3) is 0.462. The number of halogens is 2. The molecule has 2 nitrogen and oxygen atoms in total. The number of phenolic OH excluding ortho intramolecular Hbond substituents is 1. The second-order valence-corrected chi connectivity index (χ2v) is 5.76. The van der Waals surface area contributed by atoms with Crippen LogP contribution in [0.25, 0.3) is 0 Å². The molecule has 0 amide bonds. The summed E-state index contributed by atoms with van der Waals surface area (Å²) in [5, 5.41) is 9.90. The zero-order chi connectivity index (χ0) is 12.2. The molecule has 1 fully saturated rings. The molecule has 90 valence electrons. The van der Waals surface area contributed by atoms with E-state index in [0.717, 1.165) is 12.0 Å². The molecule has 2 aliphatic carbocycles. The number of carbonyl (C=O) groups is 1. The van der Waals surface area contributed by atoms with Gasteiger partial charge < -0.3 is 5.11 Å². The van der Waals surface area contributed by atoms with E-state index < -0.39 is 0 Å². The number of fused-ring (bicyclic) bond motifs is 1. The summed E-state index contributed by atoms with van der Waals surface area (Å²) >= 11 is 11.9. The maximum absolute atomic E-state index is 12.2. The molecule has 0 radical (unpaired) electrons. The molecule has 0 aromatic heterocycles. The molecule has 0 spiro atoms. The monoisotopic (exact) mass is 270 g/mol.